The van der Waals surface area contributed by atoms with E-state index >= 15 is 0 Å². The molecule has 2 aromatic rings. The Morgan fingerprint density at radius 2 is 2.00 bits per heavy atom. The van der Waals surface area contributed by atoms with Crippen molar-refractivity contribution in [2.45, 2.75) is 6.92 Å². The lowest BCUT2D eigenvalue weighted by molar-refractivity contribution is -0.385. The largest absolute Gasteiger partial charge is 0.490 e. The predicted octanol–water partition coefficient (Wildman–Crippen LogP) is 3.79. The van der Waals surface area contributed by atoms with E-state index in [2.05, 4.69) is 0 Å². The summed E-state index contributed by atoms with van der Waals surface area (Å²) >= 11 is 5.70. The first-order valence-electron chi connectivity index (χ1n) is 6.78. The first-order chi connectivity index (χ1) is 11.0. The molecule has 6 nitrogen and oxygen atoms in total. The van der Waals surface area contributed by atoms with E-state index in [1.165, 1.54) is 12.1 Å². The summed E-state index contributed by atoms with van der Waals surface area (Å²) in [5.41, 5.74) is 0.522. The van der Waals surface area contributed by atoms with Gasteiger partial charge in [-0.3, -0.25) is 10.1 Å². The smallest absolute Gasteiger partial charge is 0.345 e. The quantitative estimate of drug-likeness (QED) is 0.347. The van der Waals surface area contributed by atoms with E-state index in [0.717, 1.165) is 11.6 Å². The second-order valence-corrected chi connectivity index (χ2v) is 5.16. The molecule has 120 valence electrons. The summed E-state index contributed by atoms with van der Waals surface area (Å²) < 4.78 is 10.4. The first-order valence-corrected chi connectivity index (χ1v) is 7.15. The van der Waals surface area contributed by atoms with E-state index < -0.39 is 10.9 Å². The van der Waals surface area contributed by atoms with Crippen molar-refractivity contribution in [3.05, 3.63) is 68.7 Å². The van der Waals surface area contributed by atoms with Gasteiger partial charge in [-0.1, -0.05) is 23.7 Å². The van der Waals surface area contributed by atoms with E-state index in [0.29, 0.717) is 5.75 Å². The number of esters is 1. The van der Waals surface area contributed by atoms with E-state index in [4.69, 9.17) is 21.1 Å². The van der Waals surface area contributed by atoms with Gasteiger partial charge in [-0.05, 0) is 36.8 Å². The van der Waals surface area contributed by atoms with Gasteiger partial charge in [0.1, 0.15) is 24.5 Å². The molecule has 0 saturated carbocycles. The number of carbonyl (C=O) groups is 1. The summed E-state index contributed by atoms with van der Waals surface area (Å²) in [4.78, 5) is 22.2. The maximum atomic E-state index is 11.9. The third-order valence-corrected chi connectivity index (χ3v) is 3.19. The Morgan fingerprint density at radius 1 is 1.22 bits per heavy atom. The molecule has 0 aromatic heterocycles. The van der Waals surface area contributed by atoms with Gasteiger partial charge >= 0.3 is 5.97 Å². The second-order valence-electron chi connectivity index (χ2n) is 4.72. The fourth-order valence-electron chi connectivity index (χ4n) is 1.91. The molecule has 0 bridgehead atoms. The van der Waals surface area contributed by atoms with Crippen LogP contribution < -0.4 is 4.74 Å². The summed E-state index contributed by atoms with van der Waals surface area (Å²) in [7, 11) is 0. The van der Waals surface area contributed by atoms with Crippen LogP contribution in [0.3, 0.4) is 0 Å². The van der Waals surface area contributed by atoms with Crippen molar-refractivity contribution in [3.8, 4) is 5.75 Å². The molecule has 0 N–H and O–H groups in total. The minimum atomic E-state index is -0.791. The molecule has 0 aliphatic carbocycles. The van der Waals surface area contributed by atoms with Crippen molar-refractivity contribution in [1.29, 1.82) is 0 Å². The molecule has 23 heavy (non-hydrogen) atoms. The van der Waals surface area contributed by atoms with Gasteiger partial charge in [0.2, 0.25) is 0 Å². The standard InChI is InChI=1S/C16H14ClNO5/c1-11-3-2-4-13(9-11)22-7-8-23-16(19)14-6-5-12(17)10-15(14)18(20)21/h2-6,9-10H,7-8H2,1H3. The van der Waals surface area contributed by atoms with Crippen LogP contribution in [-0.2, 0) is 4.74 Å². The lowest BCUT2D eigenvalue weighted by Gasteiger charge is -2.08. The van der Waals surface area contributed by atoms with Gasteiger partial charge in [0.15, 0.2) is 0 Å². The van der Waals surface area contributed by atoms with E-state index in [9.17, 15) is 14.9 Å². The number of hydrogen-bond donors (Lipinski definition) is 0. The average molecular weight is 336 g/mol. The van der Waals surface area contributed by atoms with Crippen LogP contribution in [0.15, 0.2) is 42.5 Å². The van der Waals surface area contributed by atoms with Crippen molar-refractivity contribution in [2.24, 2.45) is 0 Å². The number of hydrogen-bond acceptors (Lipinski definition) is 5. The summed E-state index contributed by atoms with van der Waals surface area (Å²) in [6.07, 6.45) is 0. The second kappa shape index (κ2) is 7.60. The highest BCUT2D eigenvalue weighted by atomic mass is 35.5. The number of nitrogens with zero attached hydrogens (tertiary/aromatic N) is 1. The minimum absolute atomic E-state index is 0.0213. The summed E-state index contributed by atoms with van der Waals surface area (Å²) in [5, 5.41) is 11.1. The van der Waals surface area contributed by atoms with Crippen LogP contribution in [0, 0.1) is 17.0 Å². The monoisotopic (exact) mass is 335 g/mol. The number of nitro groups is 1. The molecular formula is C16H14ClNO5. The fraction of sp³-hybridized carbons (Fsp3) is 0.188. The molecule has 7 heteroatoms. The maximum Gasteiger partial charge on any atom is 0.345 e. The summed E-state index contributed by atoms with van der Waals surface area (Å²) in [6, 6.07) is 11.2. The van der Waals surface area contributed by atoms with Crippen LogP contribution >= 0.6 is 11.6 Å². The molecule has 0 unspecified atom stereocenters. The van der Waals surface area contributed by atoms with Gasteiger partial charge in [-0.2, -0.15) is 0 Å². The summed E-state index contributed by atoms with van der Waals surface area (Å²) in [6.45, 7) is 2.07. The Balaban J connectivity index is 1.91. The molecule has 0 aliphatic rings. The highest BCUT2D eigenvalue weighted by Gasteiger charge is 2.21. The molecular weight excluding hydrogens is 322 g/mol. The first kappa shape index (κ1) is 16.8. The molecule has 0 aliphatic heterocycles. The Bertz CT molecular complexity index is 732. The predicted molar refractivity (Wildman–Crippen MR) is 85.1 cm³/mol. The highest BCUT2D eigenvalue weighted by Crippen LogP contribution is 2.23. The lowest BCUT2D eigenvalue weighted by Crippen LogP contribution is -2.13. The molecule has 0 amide bonds. The maximum absolute atomic E-state index is 11.9. The molecule has 0 radical (unpaired) electrons. The Labute approximate surface area is 137 Å². The zero-order chi connectivity index (χ0) is 16.8. The molecule has 2 aromatic carbocycles. The molecule has 0 fully saturated rings. The highest BCUT2D eigenvalue weighted by molar-refractivity contribution is 6.31. The third-order valence-electron chi connectivity index (χ3n) is 2.95. The van der Waals surface area contributed by atoms with Gasteiger partial charge < -0.3 is 9.47 Å². The van der Waals surface area contributed by atoms with Crippen molar-refractivity contribution < 1.29 is 19.2 Å². The number of rotatable bonds is 6. The number of nitro benzene ring substituents is 1. The van der Waals surface area contributed by atoms with Crippen LogP contribution in [0.5, 0.6) is 5.75 Å². The van der Waals surface area contributed by atoms with Crippen LogP contribution in [0.25, 0.3) is 0 Å². The molecule has 0 atom stereocenters. The SMILES string of the molecule is Cc1cccc(OCCOC(=O)c2ccc(Cl)cc2[N+](=O)[O-])c1. The Hall–Kier alpha value is -2.60. The topological polar surface area (TPSA) is 78.7 Å². The summed E-state index contributed by atoms with van der Waals surface area (Å²) in [5.74, 6) is -0.125. The lowest BCUT2D eigenvalue weighted by atomic mass is 10.2. The molecule has 2 rings (SSSR count). The van der Waals surface area contributed by atoms with Crippen molar-refractivity contribution in [3.63, 3.8) is 0 Å². The van der Waals surface area contributed by atoms with Crippen molar-refractivity contribution >= 4 is 23.3 Å². The fourth-order valence-corrected chi connectivity index (χ4v) is 2.07. The van der Waals surface area contributed by atoms with Gasteiger partial charge in [-0.15, -0.1) is 0 Å². The van der Waals surface area contributed by atoms with Crippen molar-refractivity contribution in [2.75, 3.05) is 13.2 Å². The van der Waals surface area contributed by atoms with Crippen LogP contribution in [0.4, 0.5) is 5.69 Å². The van der Waals surface area contributed by atoms with E-state index in [-0.39, 0.29) is 29.5 Å². The number of ether oxygens (including phenoxy) is 2. The van der Waals surface area contributed by atoms with Crippen molar-refractivity contribution in [1.82, 2.24) is 0 Å². The zero-order valence-corrected chi connectivity index (χ0v) is 13.1. The molecule has 0 heterocycles. The van der Waals surface area contributed by atoms with Crippen LogP contribution in [-0.4, -0.2) is 24.1 Å². The number of halogens is 1. The van der Waals surface area contributed by atoms with Gasteiger partial charge in [0.05, 0.1) is 4.92 Å². The average Bonchev–Trinajstić information content (AvgIpc) is 2.51. The zero-order valence-electron chi connectivity index (χ0n) is 12.3. The normalized spacial score (nSPS) is 10.2. The van der Waals surface area contributed by atoms with E-state index in [1.807, 2.05) is 25.1 Å². The van der Waals surface area contributed by atoms with Crippen LogP contribution in [0.2, 0.25) is 5.02 Å². The van der Waals surface area contributed by atoms with Gasteiger partial charge in [0.25, 0.3) is 5.69 Å². The number of aryl methyl sites for hydroxylation is 1. The molecule has 0 saturated heterocycles. The Kier molecular flexibility index (Phi) is 5.54. The molecule has 0 spiro atoms. The minimum Gasteiger partial charge on any atom is -0.490 e. The van der Waals surface area contributed by atoms with E-state index in [1.54, 1.807) is 6.07 Å². The third kappa shape index (κ3) is 4.69. The van der Waals surface area contributed by atoms with Gasteiger partial charge in [0, 0.05) is 11.1 Å². The Morgan fingerprint density at radius 3 is 2.70 bits per heavy atom. The van der Waals surface area contributed by atoms with Crippen LogP contribution in [0.1, 0.15) is 15.9 Å². The van der Waals surface area contributed by atoms with Gasteiger partial charge in [-0.25, -0.2) is 4.79 Å². The number of carbonyl (C=O) groups excluding carboxylic acids is 1. The number of benzene rings is 2.